The lowest BCUT2D eigenvalue weighted by molar-refractivity contribution is -0.116. The number of hydrogen-bond donors (Lipinski definition) is 2. The average molecular weight is 328 g/mol. The van der Waals surface area contributed by atoms with E-state index in [2.05, 4.69) is 53.1 Å². The number of hydrogen-bond acceptors (Lipinski definition) is 2. The van der Waals surface area contributed by atoms with Crippen molar-refractivity contribution in [3.05, 3.63) is 72.8 Å². The Labute approximate surface area is 147 Å². The number of carbonyl (C=O) groups excluding carboxylic acids is 1. The summed E-state index contributed by atoms with van der Waals surface area (Å²) in [7, 11) is 0. The monoisotopic (exact) mass is 328 g/mol. The van der Waals surface area contributed by atoms with E-state index in [0.717, 1.165) is 22.5 Å². The van der Waals surface area contributed by atoms with Crippen LogP contribution in [-0.2, 0) is 4.79 Å². The van der Waals surface area contributed by atoms with Crippen LogP contribution in [0.3, 0.4) is 0 Å². The van der Waals surface area contributed by atoms with Crippen LogP contribution in [0.4, 0.5) is 11.4 Å². The average Bonchev–Trinajstić information content (AvgIpc) is 2.78. The molecule has 3 aromatic rings. The molecule has 0 bridgehead atoms. The molecule has 1 atom stereocenters. The number of benzene rings is 3. The summed E-state index contributed by atoms with van der Waals surface area (Å²) in [5, 5.41) is 6.48. The molecule has 25 heavy (non-hydrogen) atoms. The number of para-hydroxylation sites is 1. The Hall–Kier alpha value is -3.07. The summed E-state index contributed by atoms with van der Waals surface area (Å²) in [6.07, 6.45) is 0.473. The van der Waals surface area contributed by atoms with Crippen molar-refractivity contribution < 1.29 is 4.79 Å². The van der Waals surface area contributed by atoms with E-state index in [1.54, 1.807) is 0 Å². The van der Waals surface area contributed by atoms with E-state index in [0.29, 0.717) is 6.42 Å². The highest BCUT2D eigenvalue weighted by Gasteiger charge is 2.20. The minimum Gasteiger partial charge on any atom is -0.380 e. The highest BCUT2D eigenvalue weighted by atomic mass is 16.1. The van der Waals surface area contributed by atoms with Crippen molar-refractivity contribution in [2.75, 3.05) is 10.6 Å². The van der Waals surface area contributed by atoms with Crippen LogP contribution in [-0.4, -0.2) is 11.9 Å². The molecule has 0 radical (unpaired) electrons. The first-order valence-electron chi connectivity index (χ1n) is 8.56. The van der Waals surface area contributed by atoms with Crippen molar-refractivity contribution in [3.8, 4) is 22.3 Å². The van der Waals surface area contributed by atoms with Crippen LogP contribution in [0.2, 0.25) is 0 Å². The fourth-order valence-electron chi connectivity index (χ4n) is 3.30. The third kappa shape index (κ3) is 3.13. The Morgan fingerprint density at radius 1 is 0.800 bits per heavy atom. The zero-order chi connectivity index (χ0) is 17.2. The Kier molecular flexibility index (Phi) is 3.98. The fraction of sp³-hybridized carbons (Fsp3) is 0.136. The molecule has 0 saturated heterocycles. The lowest BCUT2D eigenvalue weighted by Crippen LogP contribution is -2.19. The van der Waals surface area contributed by atoms with E-state index in [1.807, 2.05) is 37.3 Å². The molecule has 1 aliphatic heterocycles. The molecule has 0 spiro atoms. The summed E-state index contributed by atoms with van der Waals surface area (Å²) in [6, 6.07) is 25.0. The van der Waals surface area contributed by atoms with Crippen molar-refractivity contribution in [3.63, 3.8) is 0 Å². The topological polar surface area (TPSA) is 41.1 Å². The molecule has 0 aromatic heterocycles. The van der Waals surface area contributed by atoms with Crippen molar-refractivity contribution >= 4 is 17.3 Å². The smallest absolute Gasteiger partial charge is 0.226 e. The number of amides is 1. The molecule has 1 unspecified atom stereocenters. The SMILES string of the molecule is CC1CC(=O)Nc2cccc(-c3ccc(-c4ccccc4)cc3)c2N1. The molecule has 0 fully saturated rings. The van der Waals surface area contributed by atoms with Gasteiger partial charge in [0, 0.05) is 18.0 Å². The van der Waals surface area contributed by atoms with Gasteiger partial charge in [0.05, 0.1) is 11.4 Å². The van der Waals surface area contributed by atoms with Gasteiger partial charge in [-0.05, 0) is 29.7 Å². The lowest BCUT2D eigenvalue weighted by atomic mass is 9.98. The molecule has 1 amide bonds. The van der Waals surface area contributed by atoms with Gasteiger partial charge in [-0.25, -0.2) is 0 Å². The first-order chi connectivity index (χ1) is 12.2. The van der Waals surface area contributed by atoms with Gasteiger partial charge in [0.1, 0.15) is 0 Å². The fourth-order valence-corrected chi connectivity index (χ4v) is 3.30. The maximum absolute atomic E-state index is 12.0. The van der Waals surface area contributed by atoms with Gasteiger partial charge in [-0.15, -0.1) is 0 Å². The van der Waals surface area contributed by atoms with E-state index in [1.165, 1.54) is 11.1 Å². The number of carbonyl (C=O) groups is 1. The number of nitrogens with one attached hydrogen (secondary N) is 2. The lowest BCUT2D eigenvalue weighted by Gasteiger charge is -2.17. The van der Waals surface area contributed by atoms with Crippen LogP contribution in [0.25, 0.3) is 22.3 Å². The molecule has 3 nitrogen and oxygen atoms in total. The summed E-state index contributed by atoms with van der Waals surface area (Å²) in [6.45, 7) is 2.03. The summed E-state index contributed by atoms with van der Waals surface area (Å²) < 4.78 is 0. The molecule has 1 aliphatic rings. The standard InChI is InChI=1S/C22H20N2O/c1-15-14-21(25)24-20-9-5-8-19(22(20)23-15)18-12-10-17(11-13-18)16-6-3-2-4-7-16/h2-13,15,23H,14H2,1H3,(H,24,25). The quantitative estimate of drug-likeness (QED) is 0.682. The van der Waals surface area contributed by atoms with Gasteiger partial charge in [0.25, 0.3) is 0 Å². The Morgan fingerprint density at radius 3 is 2.24 bits per heavy atom. The third-order valence-electron chi connectivity index (χ3n) is 4.52. The molecule has 4 rings (SSSR count). The second-order valence-corrected chi connectivity index (χ2v) is 6.47. The van der Waals surface area contributed by atoms with E-state index >= 15 is 0 Å². The first-order valence-corrected chi connectivity index (χ1v) is 8.56. The summed E-state index contributed by atoms with van der Waals surface area (Å²) >= 11 is 0. The molecule has 124 valence electrons. The zero-order valence-corrected chi connectivity index (χ0v) is 14.1. The van der Waals surface area contributed by atoms with Gasteiger partial charge < -0.3 is 10.6 Å². The van der Waals surface area contributed by atoms with Crippen molar-refractivity contribution in [2.24, 2.45) is 0 Å². The first kappa shape index (κ1) is 15.5. The predicted octanol–water partition coefficient (Wildman–Crippen LogP) is 5.16. The van der Waals surface area contributed by atoms with Gasteiger partial charge in [-0.3, -0.25) is 4.79 Å². The summed E-state index contributed by atoms with van der Waals surface area (Å²) in [5.74, 6) is 0.0512. The van der Waals surface area contributed by atoms with E-state index in [4.69, 9.17) is 0 Å². The van der Waals surface area contributed by atoms with Crippen molar-refractivity contribution in [2.45, 2.75) is 19.4 Å². The zero-order valence-electron chi connectivity index (χ0n) is 14.1. The molecule has 0 aliphatic carbocycles. The van der Waals surface area contributed by atoms with Crippen LogP contribution in [0.1, 0.15) is 13.3 Å². The normalized spacial score (nSPS) is 16.4. The second-order valence-electron chi connectivity index (χ2n) is 6.47. The maximum Gasteiger partial charge on any atom is 0.226 e. The highest BCUT2D eigenvalue weighted by molar-refractivity contribution is 6.00. The van der Waals surface area contributed by atoms with Crippen LogP contribution in [0.5, 0.6) is 0 Å². The molecular weight excluding hydrogens is 308 g/mol. The van der Waals surface area contributed by atoms with Gasteiger partial charge in [-0.2, -0.15) is 0 Å². The van der Waals surface area contributed by atoms with Gasteiger partial charge in [-0.1, -0.05) is 66.7 Å². The summed E-state index contributed by atoms with van der Waals surface area (Å²) in [5.41, 5.74) is 6.48. The van der Waals surface area contributed by atoms with Crippen LogP contribution in [0, 0.1) is 0 Å². The minimum atomic E-state index is 0.0512. The van der Waals surface area contributed by atoms with Crippen molar-refractivity contribution in [1.82, 2.24) is 0 Å². The molecule has 3 heteroatoms. The number of rotatable bonds is 2. The summed E-state index contributed by atoms with van der Waals surface area (Å²) in [4.78, 5) is 12.0. The minimum absolute atomic E-state index is 0.0512. The second kappa shape index (κ2) is 6.44. The Bertz CT molecular complexity index is 901. The molecule has 0 saturated carbocycles. The Morgan fingerprint density at radius 2 is 1.48 bits per heavy atom. The van der Waals surface area contributed by atoms with Crippen LogP contribution in [0.15, 0.2) is 72.8 Å². The van der Waals surface area contributed by atoms with E-state index < -0.39 is 0 Å². The third-order valence-corrected chi connectivity index (χ3v) is 4.52. The van der Waals surface area contributed by atoms with E-state index in [-0.39, 0.29) is 11.9 Å². The van der Waals surface area contributed by atoms with Gasteiger partial charge in [0.15, 0.2) is 0 Å². The highest BCUT2D eigenvalue weighted by Crippen LogP contribution is 2.37. The van der Waals surface area contributed by atoms with Crippen molar-refractivity contribution in [1.29, 1.82) is 0 Å². The molecular formula is C22H20N2O. The Balaban J connectivity index is 1.73. The van der Waals surface area contributed by atoms with Crippen LogP contribution < -0.4 is 10.6 Å². The van der Waals surface area contributed by atoms with Gasteiger partial charge >= 0.3 is 0 Å². The molecule has 1 heterocycles. The maximum atomic E-state index is 12.0. The van der Waals surface area contributed by atoms with Gasteiger partial charge in [0.2, 0.25) is 5.91 Å². The van der Waals surface area contributed by atoms with E-state index in [9.17, 15) is 4.79 Å². The number of fused-ring (bicyclic) bond motifs is 1. The number of anilines is 2. The molecule has 3 aromatic carbocycles. The largest absolute Gasteiger partial charge is 0.380 e. The predicted molar refractivity (Wildman–Crippen MR) is 104 cm³/mol. The van der Waals surface area contributed by atoms with Crippen LogP contribution >= 0.6 is 0 Å². The molecule has 2 N–H and O–H groups in total.